The number of thioether (sulfide) groups is 1. The lowest BCUT2D eigenvalue weighted by atomic mass is 10.4. The first-order chi connectivity index (χ1) is 10.2. The molecule has 0 aliphatic carbocycles. The summed E-state index contributed by atoms with van der Waals surface area (Å²) in [6.07, 6.45) is 3.04. The van der Waals surface area contributed by atoms with Crippen LogP contribution in [0.25, 0.3) is 0 Å². The van der Waals surface area contributed by atoms with Crippen molar-refractivity contribution >= 4 is 17.7 Å². The molecule has 21 heavy (non-hydrogen) atoms. The van der Waals surface area contributed by atoms with Crippen LogP contribution in [0.5, 0.6) is 0 Å². The molecule has 0 radical (unpaired) electrons. The molecule has 8 heteroatoms. The van der Waals surface area contributed by atoms with Crippen molar-refractivity contribution in [3.8, 4) is 0 Å². The van der Waals surface area contributed by atoms with E-state index in [0.29, 0.717) is 6.54 Å². The smallest absolute Gasteiger partial charge is 0.191 e. The molecule has 1 aromatic rings. The van der Waals surface area contributed by atoms with Crippen LogP contribution in [0.15, 0.2) is 4.99 Å². The monoisotopic (exact) mass is 314 g/mol. The van der Waals surface area contributed by atoms with Gasteiger partial charge in [-0.05, 0) is 19.6 Å². The summed E-state index contributed by atoms with van der Waals surface area (Å²) >= 11 is 1.80. The average Bonchev–Trinajstić information content (AvgIpc) is 2.80. The fraction of sp³-hybridized carbons (Fsp3) is 0.769. The molecule has 0 bridgehead atoms. The van der Waals surface area contributed by atoms with Crippen LogP contribution in [0.4, 0.5) is 0 Å². The van der Waals surface area contributed by atoms with Crippen LogP contribution in [-0.2, 0) is 18.3 Å². The van der Waals surface area contributed by atoms with Crippen LogP contribution in [0.2, 0.25) is 0 Å². The van der Waals surface area contributed by atoms with Crippen molar-refractivity contribution in [1.29, 1.82) is 0 Å². The molecule has 0 fully saturated rings. The number of ether oxygens (including phenoxy) is 1. The van der Waals surface area contributed by atoms with Gasteiger partial charge < -0.3 is 19.9 Å². The Kier molecular flexibility index (Phi) is 8.84. The van der Waals surface area contributed by atoms with Crippen molar-refractivity contribution < 1.29 is 4.74 Å². The van der Waals surface area contributed by atoms with Gasteiger partial charge in [-0.3, -0.25) is 0 Å². The highest BCUT2D eigenvalue weighted by Crippen LogP contribution is 1.99. The Morgan fingerprint density at radius 3 is 2.71 bits per heavy atom. The normalized spacial score (nSPS) is 11.7. The van der Waals surface area contributed by atoms with Crippen molar-refractivity contribution in [2.45, 2.75) is 19.9 Å². The molecular weight excluding hydrogens is 288 g/mol. The highest BCUT2D eigenvalue weighted by Gasteiger charge is 2.04. The number of nitrogens with one attached hydrogen (secondary N) is 2. The van der Waals surface area contributed by atoms with Crippen LogP contribution in [-0.4, -0.2) is 59.5 Å². The lowest BCUT2D eigenvalue weighted by molar-refractivity contribution is 0.195. The molecule has 7 nitrogen and oxygen atoms in total. The molecule has 1 aromatic heterocycles. The van der Waals surface area contributed by atoms with Gasteiger partial charge in [-0.15, -0.1) is 10.2 Å². The van der Waals surface area contributed by atoms with Gasteiger partial charge in [0.25, 0.3) is 0 Å². The molecule has 0 saturated carbocycles. The molecule has 0 aliphatic heterocycles. The molecule has 0 aliphatic rings. The second-order valence-electron chi connectivity index (χ2n) is 4.58. The molecule has 0 unspecified atom stereocenters. The molecule has 2 N–H and O–H groups in total. The van der Waals surface area contributed by atoms with E-state index in [0.717, 1.165) is 49.5 Å². The van der Waals surface area contributed by atoms with Crippen LogP contribution < -0.4 is 10.6 Å². The van der Waals surface area contributed by atoms with E-state index in [1.54, 1.807) is 18.9 Å². The zero-order chi connectivity index (χ0) is 15.5. The van der Waals surface area contributed by atoms with E-state index in [-0.39, 0.29) is 0 Å². The fourth-order valence-corrected chi connectivity index (χ4v) is 1.91. The Hall–Kier alpha value is -1.28. The first-order valence-corrected chi connectivity index (χ1v) is 8.43. The first kappa shape index (κ1) is 17.8. The quantitative estimate of drug-likeness (QED) is 0.394. The van der Waals surface area contributed by atoms with Crippen molar-refractivity contribution in [2.75, 3.05) is 38.8 Å². The predicted molar refractivity (Wildman–Crippen MR) is 87.8 cm³/mol. The summed E-state index contributed by atoms with van der Waals surface area (Å²) in [5.41, 5.74) is 0. The minimum absolute atomic E-state index is 0.510. The summed E-state index contributed by atoms with van der Waals surface area (Å²) in [6, 6.07) is 0. The van der Waals surface area contributed by atoms with Gasteiger partial charge in [-0.1, -0.05) is 0 Å². The van der Waals surface area contributed by atoms with E-state index in [2.05, 4.69) is 32.1 Å². The van der Waals surface area contributed by atoms with E-state index in [9.17, 15) is 0 Å². The average molecular weight is 314 g/mol. The van der Waals surface area contributed by atoms with Gasteiger partial charge in [0, 0.05) is 39.6 Å². The highest BCUT2D eigenvalue weighted by atomic mass is 32.2. The van der Waals surface area contributed by atoms with Crippen LogP contribution in [0, 0.1) is 6.92 Å². The molecule has 0 amide bonds. The van der Waals surface area contributed by atoms with Gasteiger partial charge in [-0.2, -0.15) is 11.8 Å². The number of rotatable bonds is 9. The Morgan fingerprint density at radius 2 is 2.10 bits per heavy atom. The number of aromatic nitrogens is 3. The second kappa shape index (κ2) is 10.4. The third kappa shape index (κ3) is 6.81. The Bertz CT molecular complexity index is 434. The Balaban J connectivity index is 2.52. The van der Waals surface area contributed by atoms with E-state index in [1.807, 2.05) is 18.5 Å². The van der Waals surface area contributed by atoms with Gasteiger partial charge in [-0.25, -0.2) is 4.99 Å². The fourth-order valence-electron chi connectivity index (χ4n) is 1.61. The Labute approximate surface area is 131 Å². The molecule has 0 spiro atoms. The summed E-state index contributed by atoms with van der Waals surface area (Å²) in [7, 11) is 3.66. The predicted octanol–water partition coefficient (Wildman–Crippen LogP) is 0.558. The van der Waals surface area contributed by atoms with Gasteiger partial charge in [0.1, 0.15) is 12.4 Å². The lowest BCUT2D eigenvalue weighted by Gasteiger charge is -2.12. The van der Waals surface area contributed by atoms with Crippen LogP contribution >= 0.6 is 11.8 Å². The SMILES string of the molecule is COCCCNC(=NCc1nnc(C)n1C)NCCSC. The maximum absolute atomic E-state index is 5.04. The standard InChI is InChI=1S/C13H26N6OS/c1-11-17-18-12(19(11)2)10-16-13(15-7-9-21-4)14-6-5-8-20-3/h5-10H2,1-4H3,(H2,14,15,16). The van der Waals surface area contributed by atoms with Crippen molar-refractivity contribution in [3.63, 3.8) is 0 Å². The van der Waals surface area contributed by atoms with Gasteiger partial charge in [0.05, 0.1) is 0 Å². The van der Waals surface area contributed by atoms with E-state index in [1.165, 1.54) is 0 Å². The first-order valence-electron chi connectivity index (χ1n) is 7.04. The molecule has 0 atom stereocenters. The van der Waals surface area contributed by atoms with E-state index in [4.69, 9.17) is 4.74 Å². The van der Waals surface area contributed by atoms with Crippen LogP contribution in [0.1, 0.15) is 18.1 Å². The molecule has 120 valence electrons. The van der Waals surface area contributed by atoms with Crippen molar-refractivity contribution in [3.05, 3.63) is 11.6 Å². The second-order valence-corrected chi connectivity index (χ2v) is 5.57. The number of aryl methyl sites for hydroxylation is 1. The topological polar surface area (TPSA) is 76.4 Å². The third-order valence-corrected chi connectivity index (χ3v) is 3.59. The summed E-state index contributed by atoms with van der Waals surface area (Å²) in [5.74, 6) is 3.60. The highest BCUT2D eigenvalue weighted by molar-refractivity contribution is 7.98. The van der Waals surface area contributed by atoms with Gasteiger partial charge in [0.2, 0.25) is 0 Å². The third-order valence-electron chi connectivity index (χ3n) is 2.98. The van der Waals surface area contributed by atoms with Crippen molar-refractivity contribution in [1.82, 2.24) is 25.4 Å². The largest absolute Gasteiger partial charge is 0.385 e. The molecule has 0 aromatic carbocycles. The zero-order valence-electron chi connectivity index (χ0n) is 13.3. The Morgan fingerprint density at radius 1 is 1.33 bits per heavy atom. The number of nitrogens with zero attached hydrogens (tertiary/aromatic N) is 4. The van der Waals surface area contributed by atoms with Gasteiger partial charge >= 0.3 is 0 Å². The summed E-state index contributed by atoms with van der Waals surface area (Å²) in [4.78, 5) is 4.56. The summed E-state index contributed by atoms with van der Waals surface area (Å²) < 4.78 is 7.00. The number of hydrogen-bond donors (Lipinski definition) is 2. The number of guanidine groups is 1. The number of hydrogen-bond acceptors (Lipinski definition) is 5. The molecule has 1 heterocycles. The minimum atomic E-state index is 0.510. The maximum atomic E-state index is 5.04. The van der Waals surface area contributed by atoms with Crippen LogP contribution in [0.3, 0.4) is 0 Å². The summed E-state index contributed by atoms with van der Waals surface area (Å²) in [5, 5.41) is 14.8. The van der Waals surface area contributed by atoms with Gasteiger partial charge in [0.15, 0.2) is 11.8 Å². The minimum Gasteiger partial charge on any atom is -0.385 e. The number of aliphatic imine (C=N–C) groups is 1. The van der Waals surface area contributed by atoms with E-state index < -0.39 is 0 Å². The summed E-state index contributed by atoms with van der Waals surface area (Å²) in [6.45, 7) is 4.90. The molecular formula is C13H26N6OS. The number of methoxy groups -OCH3 is 1. The maximum Gasteiger partial charge on any atom is 0.191 e. The molecule has 0 saturated heterocycles. The van der Waals surface area contributed by atoms with E-state index >= 15 is 0 Å². The zero-order valence-corrected chi connectivity index (χ0v) is 14.2. The van der Waals surface area contributed by atoms with Crippen molar-refractivity contribution in [2.24, 2.45) is 12.0 Å². The lowest BCUT2D eigenvalue weighted by Crippen LogP contribution is -2.39. The molecule has 1 rings (SSSR count).